The third-order valence-electron chi connectivity index (χ3n) is 6.49. The van der Waals surface area contributed by atoms with Gasteiger partial charge in [0.05, 0.1) is 11.6 Å². The molecule has 3 aromatic rings. The van der Waals surface area contributed by atoms with Crippen LogP contribution in [0.3, 0.4) is 0 Å². The Bertz CT molecular complexity index is 1360. The average Bonchev–Trinajstić information content (AvgIpc) is 2.87. The first-order valence-electron chi connectivity index (χ1n) is 12.1. The molecule has 3 aromatic carbocycles. The van der Waals surface area contributed by atoms with Crippen molar-refractivity contribution in [1.29, 1.82) is 0 Å². The van der Waals surface area contributed by atoms with Crippen molar-refractivity contribution >= 4 is 17.6 Å². The average molecular weight is 481 g/mol. The van der Waals surface area contributed by atoms with Gasteiger partial charge < -0.3 is 14.8 Å². The van der Waals surface area contributed by atoms with Gasteiger partial charge in [0.1, 0.15) is 17.3 Å². The number of amides is 1. The molecule has 0 saturated carbocycles. The van der Waals surface area contributed by atoms with Crippen LogP contribution in [0.25, 0.3) is 0 Å². The fourth-order valence-corrected chi connectivity index (χ4v) is 4.72. The van der Waals surface area contributed by atoms with E-state index in [1.54, 1.807) is 0 Å². The smallest absolute Gasteiger partial charge is 0.416 e. The molecule has 1 unspecified atom stereocenters. The number of dihydropyridines is 1. The standard InChI is InChI=1S/C30H28N2O4/c1-19-9-6-7-12-24(19)32-30(34)36-29-20(2)31-25-13-8-14-26(33)28(25)27(29)21-15-17-23(18-16-21)35-22-10-4-3-5-11-22/h3-7,9-12,15-18,27,31H,8,13-14H2,1-2H3,(H,32,34). The molecule has 36 heavy (non-hydrogen) atoms. The van der Waals surface area contributed by atoms with Crippen molar-refractivity contribution in [2.75, 3.05) is 5.32 Å². The van der Waals surface area contributed by atoms with E-state index in [0.29, 0.717) is 29.2 Å². The van der Waals surface area contributed by atoms with Gasteiger partial charge in [-0.2, -0.15) is 0 Å². The summed E-state index contributed by atoms with van der Waals surface area (Å²) in [5.74, 6) is 1.44. The predicted molar refractivity (Wildman–Crippen MR) is 139 cm³/mol. The van der Waals surface area contributed by atoms with Gasteiger partial charge in [-0.15, -0.1) is 0 Å². The number of allylic oxidation sites excluding steroid dienone is 3. The Labute approximate surface area is 210 Å². The van der Waals surface area contributed by atoms with E-state index in [1.807, 2.05) is 92.7 Å². The van der Waals surface area contributed by atoms with E-state index in [1.165, 1.54) is 0 Å². The molecule has 1 heterocycles. The van der Waals surface area contributed by atoms with Gasteiger partial charge in [-0.25, -0.2) is 4.79 Å². The second kappa shape index (κ2) is 10.1. The molecule has 0 spiro atoms. The maximum atomic E-state index is 13.1. The van der Waals surface area contributed by atoms with Crippen molar-refractivity contribution in [3.8, 4) is 11.5 Å². The Balaban J connectivity index is 1.45. The molecule has 182 valence electrons. The van der Waals surface area contributed by atoms with Gasteiger partial charge in [-0.05, 0) is 68.1 Å². The van der Waals surface area contributed by atoms with Gasteiger partial charge in [-0.1, -0.05) is 48.5 Å². The molecule has 2 N–H and O–H groups in total. The molecular formula is C30H28N2O4. The number of hydrogen-bond donors (Lipinski definition) is 2. The van der Waals surface area contributed by atoms with Crippen molar-refractivity contribution in [3.05, 3.63) is 113 Å². The first-order chi connectivity index (χ1) is 17.5. The third-order valence-corrected chi connectivity index (χ3v) is 6.49. The highest BCUT2D eigenvalue weighted by Crippen LogP contribution is 2.43. The molecule has 1 aliphatic carbocycles. The van der Waals surface area contributed by atoms with E-state index in [9.17, 15) is 9.59 Å². The van der Waals surface area contributed by atoms with Crippen LogP contribution < -0.4 is 15.4 Å². The zero-order valence-corrected chi connectivity index (χ0v) is 20.3. The number of carbonyl (C=O) groups is 2. The lowest BCUT2D eigenvalue weighted by Crippen LogP contribution is -2.33. The number of aryl methyl sites for hydroxylation is 1. The lowest BCUT2D eigenvalue weighted by Gasteiger charge is -2.34. The molecule has 0 saturated heterocycles. The molecule has 1 amide bonds. The topological polar surface area (TPSA) is 76.7 Å². The van der Waals surface area contributed by atoms with E-state index >= 15 is 0 Å². The largest absolute Gasteiger partial charge is 0.457 e. The van der Waals surface area contributed by atoms with E-state index in [2.05, 4.69) is 10.6 Å². The monoisotopic (exact) mass is 480 g/mol. The van der Waals surface area contributed by atoms with E-state index in [0.717, 1.165) is 41.1 Å². The minimum Gasteiger partial charge on any atom is -0.457 e. The van der Waals surface area contributed by atoms with Gasteiger partial charge in [0, 0.05) is 23.4 Å². The summed E-state index contributed by atoms with van der Waals surface area (Å²) < 4.78 is 11.8. The summed E-state index contributed by atoms with van der Waals surface area (Å²) in [5.41, 5.74) is 4.76. The summed E-state index contributed by atoms with van der Waals surface area (Å²) in [6.07, 6.45) is 1.47. The molecule has 0 fully saturated rings. The number of rotatable bonds is 5. The number of hydrogen-bond acceptors (Lipinski definition) is 5. The quantitative estimate of drug-likeness (QED) is 0.413. The van der Waals surface area contributed by atoms with Crippen LogP contribution in [0.5, 0.6) is 11.5 Å². The fourth-order valence-electron chi connectivity index (χ4n) is 4.72. The minimum atomic E-state index is -0.596. The molecule has 5 rings (SSSR count). The van der Waals surface area contributed by atoms with Crippen LogP contribution in [0, 0.1) is 6.92 Å². The lowest BCUT2D eigenvalue weighted by molar-refractivity contribution is -0.116. The molecule has 2 aliphatic rings. The van der Waals surface area contributed by atoms with Crippen molar-refractivity contribution in [1.82, 2.24) is 5.32 Å². The maximum absolute atomic E-state index is 13.1. The molecule has 0 bridgehead atoms. The number of nitrogens with one attached hydrogen (secondary N) is 2. The normalized spacial score (nSPS) is 17.3. The maximum Gasteiger partial charge on any atom is 0.416 e. The second-order valence-electron chi connectivity index (χ2n) is 9.03. The number of anilines is 1. The Hall–Kier alpha value is -4.32. The Morgan fingerprint density at radius 1 is 0.889 bits per heavy atom. The SMILES string of the molecule is CC1=C(OC(=O)Nc2ccccc2C)C(c2ccc(Oc3ccccc3)cc2)C2=C(CCCC2=O)N1. The lowest BCUT2D eigenvalue weighted by atomic mass is 9.78. The van der Waals surface area contributed by atoms with Crippen LogP contribution in [0.15, 0.2) is 102 Å². The predicted octanol–water partition coefficient (Wildman–Crippen LogP) is 6.96. The second-order valence-corrected chi connectivity index (χ2v) is 9.03. The summed E-state index contributed by atoms with van der Waals surface area (Å²) >= 11 is 0. The van der Waals surface area contributed by atoms with Crippen LogP contribution in [-0.2, 0) is 9.53 Å². The van der Waals surface area contributed by atoms with Gasteiger partial charge in [0.2, 0.25) is 0 Å². The van der Waals surface area contributed by atoms with Gasteiger partial charge in [0.25, 0.3) is 0 Å². The van der Waals surface area contributed by atoms with Crippen molar-refractivity contribution in [3.63, 3.8) is 0 Å². The van der Waals surface area contributed by atoms with Gasteiger partial charge in [0.15, 0.2) is 5.78 Å². The van der Waals surface area contributed by atoms with E-state index in [4.69, 9.17) is 9.47 Å². The van der Waals surface area contributed by atoms with Crippen LogP contribution in [0.2, 0.25) is 0 Å². The number of Topliss-reactive ketones (excluding diaryl/α,β-unsaturated/α-hetero) is 1. The third kappa shape index (κ3) is 4.89. The molecular weight excluding hydrogens is 452 g/mol. The fraction of sp³-hybridized carbons (Fsp3) is 0.200. The molecule has 1 atom stereocenters. The number of para-hydroxylation sites is 2. The first kappa shape index (κ1) is 23.4. The van der Waals surface area contributed by atoms with Crippen LogP contribution in [0.4, 0.5) is 10.5 Å². The highest BCUT2D eigenvalue weighted by Gasteiger charge is 2.37. The Kier molecular flexibility index (Phi) is 6.58. The number of ketones is 1. The van der Waals surface area contributed by atoms with Crippen molar-refractivity contribution in [2.45, 2.75) is 39.0 Å². The summed E-state index contributed by atoms with van der Waals surface area (Å²) in [4.78, 5) is 26.0. The molecule has 1 aliphatic heterocycles. The van der Waals surface area contributed by atoms with Gasteiger partial charge >= 0.3 is 6.09 Å². The van der Waals surface area contributed by atoms with E-state index in [-0.39, 0.29) is 5.78 Å². The first-order valence-corrected chi connectivity index (χ1v) is 12.1. The number of benzene rings is 3. The van der Waals surface area contributed by atoms with E-state index < -0.39 is 12.0 Å². The minimum absolute atomic E-state index is 0.0753. The Morgan fingerprint density at radius 2 is 1.58 bits per heavy atom. The zero-order chi connectivity index (χ0) is 25.1. The highest BCUT2D eigenvalue weighted by molar-refractivity contribution is 5.99. The molecule has 6 nitrogen and oxygen atoms in total. The van der Waals surface area contributed by atoms with Crippen LogP contribution >= 0.6 is 0 Å². The Morgan fingerprint density at radius 3 is 2.33 bits per heavy atom. The number of ether oxygens (including phenoxy) is 2. The summed E-state index contributed by atoms with van der Waals surface area (Å²) in [5, 5.41) is 6.16. The van der Waals surface area contributed by atoms with Crippen LogP contribution in [-0.4, -0.2) is 11.9 Å². The van der Waals surface area contributed by atoms with Crippen LogP contribution in [0.1, 0.15) is 43.2 Å². The van der Waals surface area contributed by atoms with Gasteiger partial charge in [-0.3, -0.25) is 10.1 Å². The molecule has 0 aromatic heterocycles. The summed E-state index contributed by atoms with van der Waals surface area (Å²) in [7, 11) is 0. The zero-order valence-electron chi connectivity index (χ0n) is 20.3. The summed E-state index contributed by atoms with van der Waals surface area (Å²) in [6, 6.07) is 24.7. The highest BCUT2D eigenvalue weighted by atomic mass is 16.6. The summed E-state index contributed by atoms with van der Waals surface area (Å²) in [6.45, 7) is 3.79. The molecule has 0 radical (unpaired) electrons. The van der Waals surface area contributed by atoms with Crippen molar-refractivity contribution < 1.29 is 19.1 Å². The molecule has 6 heteroatoms. The van der Waals surface area contributed by atoms with Crippen molar-refractivity contribution in [2.24, 2.45) is 0 Å². The number of carbonyl (C=O) groups excluding carboxylic acids is 2.